The first-order valence-corrected chi connectivity index (χ1v) is 5.05. The highest BCUT2D eigenvalue weighted by atomic mass is 16.4. The van der Waals surface area contributed by atoms with Crippen molar-refractivity contribution in [3.63, 3.8) is 0 Å². The first kappa shape index (κ1) is 10.8. The van der Waals surface area contributed by atoms with E-state index in [0.717, 1.165) is 0 Å². The van der Waals surface area contributed by atoms with E-state index in [4.69, 9.17) is 5.11 Å². The van der Waals surface area contributed by atoms with Gasteiger partial charge in [-0.2, -0.15) is 0 Å². The molecular formula is C9H15NO5. The quantitative estimate of drug-likeness (QED) is 0.356. The molecule has 2 heterocycles. The van der Waals surface area contributed by atoms with E-state index in [1.165, 1.54) is 0 Å². The molecule has 0 aliphatic carbocycles. The van der Waals surface area contributed by atoms with Crippen LogP contribution in [0.25, 0.3) is 0 Å². The lowest BCUT2D eigenvalue weighted by Crippen LogP contribution is -2.73. The van der Waals surface area contributed by atoms with Crippen LogP contribution in [-0.4, -0.2) is 50.4 Å². The van der Waals surface area contributed by atoms with Gasteiger partial charge < -0.3 is 20.4 Å². The maximum Gasteiger partial charge on any atom is 0.312 e. The van der Waals surface area contributed by atoms with E-state index in [0.29, 0.717) is 19.3 Å². The number of carboxylic acid groups (broad SMARTS) is 1. The molecule has 2 aliphatic heterocycles. The highest BCUT2D eigenvalue weighted by Gasteiger charge is 2.55. The molecule has 0 saturated carbocycles. The molecular weight excluding hydrogens is 202 g/mol. The number of carbonyl (C=O) groups is 1. The number of carboxylic acids is 1. The van der Waals surface area contributed by atoms with Gasteiger partial charge in [-0.25, -0.2) is 0 Å². The molecule has 6 heteroatoms. The Hall–Kier alpha value is -0.690. The summed E-state index contributed by atoms with van der Waals surface area (Å²) in [5, 5.41) is 41.0. The first-order chi connectivity index (χ1) is 6.96. The van der Waals surface area contributed by atoms with Gasteiger partial charge in [0.05, 0.1) is 6.10 Å². The molecule has 5 N–H and O–H groups in total. The van der Waals surface area contributed by atoms with Gasteiger partial charge in [0.2, 0.25) is 0 Å². The van der Waals surface area contributed by atoms with Gasteiger partial charge in [0.25, 0.3) is 0 Å². The van der Waals surface area contributed by atoms with E-state index in [1.807, 2.05) is 0 Å². The third-order valence-corrected chi connectivity index (χ3v) is 3.40. The number of hydrogen-bond donors (Lipinski definition) is 5. The Morgan fingerprint density at radius 3 is 2.67 bits per heavy atom. The lowest BCUT2D eigenvalue weighted by molar-refractivity contribution is -0.211. The molecule has 0 aromatic heterocycles. The normalized spacial score (nSPS) is 50.1. The molecule has 86 valence electrons. The average molecular weight is 217 g/mol. The summed E-state index contributed by atoms with van der Waals surface area (Å²) < 4.78 is 0. The summed E-state index contributed by atoms with van der Waals surface area (Å²) in [5.41, 5.74) is -1.56. The summed E-state index contributed by atoms with van der Waals surface area (Å²) >= 11 is 0. The standard InChI is InChI=1S/C9H15NO5/c11-6-4-2-1-3-9(15,10-4)7(12)5(6)8(13)14/h4-7,10-12,15H,1-3H2,(H,13,14)/t4?,5-,6?,7?,9?/m1/s1. The lowest BCUT2D eigenvalue weighted by atomic mass is 9.74. The number of hydrogen-bond acceptors (Lipinski definition) is 5. The van der Waals surface area contributed by atoms with Gasteiger partial charge in [0, 0.05) is 6.04 Å². The summed E-state index contributed by atoms with van der Waals surface area (Å²) in [4.78, 5) is 10.9. The van der Waals surface area contributed by atoms with Crippen molar-refractivity contribution in [3.8, 4) is 0 Å². The van der Waals surface area contributed by atoms with Crippen molar-refractivity contribution in [1.29, 1.82) is 0 Å². The number of aliphatic hydroxyl groups is 3. The second-order valence-electron chi connectivity index (χ2n) is 4.37. The van der Waals surface area contributed by atoms with Crippen LogP contribution in [0.2, 0.25) is 0 Å². The van der Waals surface area contributed by atoms with Gasteiger partial charge in [0.1, 0.15) is 17.7 Å². The van der Waals surface area contributed by atoms with Crippen molar-refractivity contribution in [3.05, 3.63) is 0 Å². The van der Waals surface area contributed by atoms with Crippen LogP contribution in [0, 0.1) is 5.92 Å². The smallest absolute Gasteiger partial charge is 0.312 e. The van der Waals surface area contributed by atoms with Crippen molar-refractivity contribution in [1.82, 2.24) is 5.32 Å². The number of fused-ring (bicyclic) bond motifs is 2. The van der Waals surface area contributed by atoms with Crippen molar-refractivity contribution < 1.29 is 25.2 Å². The molecule has 4 unspecified atom stereocenters. The monoisotopic (exact) mass is 217 g/mol. The second-order valence-corrected chi connectivity index (χ2v) is 4.37. The van der Waals surface area contributed by atoms with Crippen LogP contribution in [0.3, 0.4) is 0 Å². The number of aliphatic hydroxyl groups excluding tert-OH is 2. The minimum Gasteiger partial charge on any atom is -0.481 e. The molecule has 0 amide bonds. The zero-order valence-electron chi connectivity index (χ0n) is 8.13. The summed E-state index contributed by atoms with van der Waals surface area (Å²) in [5.74, 6) is -2.59. The predicted molar refractivity (Wildman–Crippen MR) is 48.9 cm³/mol. The minimum atomic E-state index is -1.56. The van der Waals surface area contributed by atoms with Gasteiger partial charge in [-0.1, -0.05) is 0 Å². The summed E-state index contributed by atoms with van der Waals surface area (Å²) in [6.45, 7) is 0. The number of piperidine rings is 2. The molecule has 0 spiro atoms. The van der Waals surface area contributed by atoms with Crippen molar-refractivity contribution in [2.75, 3.05) is 0 Å². The molecule has 2 fully saturated rings. The zero-order valence-corrected chi connectivity index (χ0v) is 8.13. The van der Waals surface area contributed by atoms with E-state index in [1.54, 1.807) is 0 Å². The lowest BCUT2D eigenvalue weighted by Gasteiger charge is -2.50. The number of nitrogens with one attached hydrogen (secondary N) is 1. The van der Waals surface area contributed by atoms with Crippen LogP contribution in [-0.2, 0) is 4.79 Å². The first-order valence-electron chi connectivity index (χ1n) is 5.05. The third-order valence-electron chi connectivity index (χ3n) is 3.40. The minimum absolute atomic E-state index is 0.307. The maximum atomic E-state index is 10.9. The van der Waals surface area contributed by atoms with E-state index in [9.17, 15) is 20.1 Å². The van der Waals surface area contributed by atoms with Crippen LogP contribution in [0.5, 0.6) is 0 Å². The summed E-state index contributed by atoms with van der Waals surface area (Å²) in [6, 6.07) is -0.451. The van der Waals surface area contributed by atoms with Crippen molar-refractivity contribution in [2.24, 2.45) is 5.92 Å². The zero-order chi connectivity index (χ0) is 11.2. The molecule has 0 radical (unpaired) electrons. The average Bonchev–Trinajstić information content (AvgIpc) is 2.15. The van der Waals surface area contributed by atoms with Gasteiger partial charge in [-0.05, 0) is 19.3 Å². The Kier molecular flexibility index (Phi) is 2.46. The Morgan fingerprint density at radius 1 is 1.40 bits per heavy atom. The summed E-state index contributed by atoms with van der Waals surface area (Å²) in [7, 11) is 0. The Morgan fingerprint density at radius 2 is 2.07 bits per heavy atom. The topological polar surface area (TPSA) is 110 Å². The Labute approximate surface area is 86.5 Å². The molecule has 0 aromatic carbocycles. The predicted octanol–water partition coefficient (Wildman–Crippen LogP) is -1.75. The van der Waals surface area contributed by atoms with Crippen LogP contribution >= 0.6 is 0 Å². The van der Waals surface area contributed by atoms with Gasteiger partial charge in [-0.15, -0.1) is 0 Å². The van der Waals surface area contributed by atoms with Crippen LogP contribution in [0.15, 0.2) is 0 Å². The fourth-order valence-electron chi connectivity index (χ4n) is 2.56. The Balaban J connectivity index is 2.30. The molecule has 6 nitrogen and oxygen atoms in total. The molecule has 2 bridgehead atoms. The van der Waals surface area contributed by atoms with Crippen molar-refractivity contribution >= 4 is 5.97 Å². The fraction of sp³-hybridized carbons (Fsp3) is 0.889. The van der Waals surface area contributed by atoms with Crippen LogP contribution in [0.4, 0.5) is 0 Å². The molecule has 2 rings (SSSR count). The maximum absolute atomic E-state index is 10.9. The van der Waals surface area contributed by atoms with E-state index < -0.39 is 35.9 Å². The van der Waals surface area contributed by atoms with Gasteiger partial charge in [-0.3, -0.25) is 10.1 Å². The molecule has 5 atom stereocenters. The molecule has 15 heavy (non-hydrogen) atoms. The molecule has 0 aromatic rings. The molecule has 2 aliphatic rings. The van der Waals surface area contributed by atoms with Gasteiger partial charge in [0.15, 0.2) is 0 Å². The highest BCUT2D eigenvalue weighted by molar-refractivity contribution is 5.72. The van der Waals surface area contributed by atoms with E-state index in [2.05, 4.69) is 5.32 Å². The summed E-state index contributed by atoms with van der Waals surface area (Å²) in [6.07, 6.45) is -1.05. The van der Waals surface area contributed by atoms with Crippen LogP contribution in [0.1, 0.15) is 19.3 Å². The fourth-order valence-corrected chi connectivity index (χ4v) is 2.56. The largest absolute Gasteiger partial charge is 0.481 e. The van der Waals surface area contributed by atoms with Crippen molar-refractivity contribution in [2.45, 2.75) is 43.2 Å². The highest BCUT2D eigenvalue weighted by Crippen LogP contribution is 2.36. The SMILES string of the molecule is O=C(O)[C@@H]1C(O)C2CCCC(O)(N2)C1O. The third kappa shape index (κ3) is 1.53. The molecule has 2 saturated heterocycles. The van der Waals surface area contributed by atoms with E-state index in [-0.39, 0.29) is 0 Å². The number of rotatable bonds is 1. The van der Waals surface area contributed by atoms with E-state index >= 15 is 0 Å². The number of aliphatic carboxylic acids is 1. The Bertz CT molecular complexity index is 284. The van der Waals surface area contributed by atoms with Gasteiger partial charge >= 0.3 is 5.97 Å². The second kappa shape index (κ2) is 3.41. The van der Waals surface area contributed by atoms with Crippen LogP contribution < -0.4 is 5.32 Å².